The highest BCUT2D eigenvalue weighted by molar-refractivity contribution is 4.61. The van der Waals surface area contributed by atoms with Gasteiger partial charge in [-0.2, -0.15) is 0 Å². The van der Waals surface area contributed by atoms with Gasteiger partial charge in [-0.3, -0.25) is 4.90 Å². The van der Waals surface area contributed by atoms with Gasteiger partial charge in [0, 0.05) is 13.1 Å². The number of rotatable bonds is 7. The fourth-order valence-corrected chi connectivity index (χ4v) is 1.95. The van der Waals surface area contributed by atoms with E-state index in [0.717, 1.165) is 32.7 Å². The topological polar surface area (TPSA) is 32.7 Å². The van der Waals surface area contributed by atoms with E-state index in [1.54, 1.807) is 0 Å². The summed E-state index contributed by atoms with van der Waals surface area (Å²) in [5, 5.41) is 9.09. The molecule has 0 bridgehead atoms. The maximum absolute atomic E-state index is 9.09. The minimum absolute atomic E-state index is 0.121. The summed E-state index contributed by atoms with van der Waals surface area (Å²) in [5.74, 6) is 0. The molecule has 0 amide bonds. The standard InChI is InChI=1S/C12H25NO2/c1-12(14)6-4-2-3-5-7-13-8-10-15-11-9-13/h12,14H,2-11H2,1H3/t12-/m0/s1. The van der Waals surface area contributed by atoms with Crippen molar-refractivity contribution in [2.45, 2.75) is 45.1 Å². The third-order valence-corrected chi connectivity index (χ3v) is 2.95. The molecule has 0 radical (unpaired) electrons. The van der Waals surface area contributed by atoms with Crippen molar-refractivity contribution in [2.75, 3.05) is 32.8 Å². The highest BCUT2D eigenvalue weighted by Gasteiger charge is 2.08. The highest BCUT2D eigenvalue weighted by Crippen LogP contribution is 2.07. The quantitative estimate of drug-likeness (QED) is 0.655. The van der Waals surface area contributed by atoms with Gasteiger partial charge in [-0.05, 0) is 26.3 Å². The molecule has 1 fully saturated rings. The van der Waals surface area contributed by atoms with Crippen molar-refractivity contribution in [2.24, 2.45) is 0 Å². The third kappa shape index (κ3) is 6.88. The van der Waals surface area contributed by atoms with E-state index in [1.165, 1.54) is 32.2 Å². The number of hydrogen-bond donors (Lipinski definition) is 1. The molecule has 0 spiro atoms. The van der Waals surface area contributed by atoms with Crippen LogP contribution in [0.4, 0.5) is 0 Å². The number of unbranched alkanes of at least 4 members (excludes halogenated alkanes) is 3. The molecular formula is C12H25NO2. The van der Waals surface area contributed by atoms with Crippen molar-refractivity contribution in [3.63, 3.8) is 0 Å². The molecule has 0 aromatic carbocycles. The zero-order valence-corrected chi connectivity index (χ0v) is 9.95. The summed E-state index contributed by atoms with van der Waals surface area (Å²) < 4.78 is 5.30. The molecular weight excluding hydrogens is 190 g/mol. The Hall–Kier alpha value is -0.120. The van der Waals surface area contributed by atoms with Crippen molar-refractivity contribution in [1.82, 2.24) is 4.90 Å². The van der Waals surface area contributed by atoms with Gasteiger partial charge in [0.1, 0.15) is 0 Å². The van der Waals surface area contributed by atoms with E-state index in [2.05, 4.69) is 4.90 Å². The van der Waals surface area contributed by atoms with E-state index in [1.807, 2.05) is 6.92 Å². The molecule has 0 saturated carbocycles. The Morgan fingerprint density at radius 1 is 1.13 bits per heavy atom. The fourth-order valence-electron chi connectivity index (χ4n) is 1.95. The van der Waals surface area contributed by atoms with Crippen molar-refractivity contribution in [3.8, 4) is 0 Å². The molecule has 1 saturated heterocycles. The summed E-state index contributed by atoms with van der Waals surface area (Å²) in [6.07, 6.45) is 5.85. The Labute approximate surface area is 93.4 Å². The van der Waals surface area contributed by atoms with Crippen LogP contribution in [0.25, 0.3) is 0 Å². The van der Waals surface area contributed by atoms with E-state index >= 15 is 0 Å². The second-order valence-corrected chi connectivity index (χ2v) is 4.51. The van der Waals surface area contributed by atoms with Crippen LogP contribution in [0.5, 0.6) is 0 Å². The Balaban J connectivity index is 1.83. The number of morpholine rings is 1. The molecule has 0 aromatic heterocycles. The number of aliphatic hydroxyl groups is 1. The third-order valence-electron chi connectivity index (χ3n) is 2.95. The molecule has 1 N–H and O–H groups in total. The van der Waals surface area contributed by atoms with Gasteiger partial charge in [0.25, 0.3) is 0 Å². The van der Waals surface area contributed by atoms with Crippen LogP contribution in [0.2, 0.25) is 0 Å². The van der Waals surface area contributed by atoms with Crippen LogP contribution in [0, 0.1) is 0 Å². The molecule has 0 aliphatic carbocycles. The molecule has 0 aromatic rings. The summed E-state index contributed by atoms with van der Waals surface area (Å²) in [6, 6.07) is 0. The molecule has 3 heteroatoms. The first-order valence-corrected chi connectivity index (χ1v) is 6.27. The number of ether oxygens (including phenoxy) is 1. The average molecular weight is 215 g/mol. The van der Waals surface area contributed by atoms with Gasteiger partial charge in [0.05, 0.1) is 19.3 Å². The second-order valence-electron chi connectivity index (χ2n) is 4.51. The monoisotopic (exact) mass is 215 g/mol. The minimum Gasteiger partial charge on any atom is -0.393 e. The molecule has 1 aliphatic rings. The first kappa shape index (κ1) is 12.9. The summed E-state index contributed by atoms with van der Waals surface area (Å²) in [6.45, 7) is 7.11. The Morgan fingerprint density at radius 3 is 2.47 bits per heavy atom. The predicted octanol–water partition coefficient (Wildman–Crippen LogP) is 1.65. The maximum atomic E-state index is 9.09. The fraction of sp³-hybridized carbons (Fsp3) is 1.00. The average Bonchev–Trinajstić information content (AvgIpc) is 2.24. The molecule has 0 unspecified atom stereocenters. The first-order valence-electron chi connectivity index (χ1n) is 6.27. The zero-order valence-electron chi connectivity index (χ0n) is 9.95. The van der Waals surface area contributed by atoms with Crippen LogP contribution in [0.1, 0.15) is 39.0 Å². The maximum Gasteiger partial charge on any atom is 0.0594 e. The SMILES string of the molecule is C[C@H](O)CCCCCCN1CCOCC1. The zero-order chi connectivity index (χ0) is 10.9. The van der Waals surface area contributed by atoms with Gasteiger partial charge >= 0.3 is 0 Å². The smallest absolute Gasteiger partial charge is 0.0594 e. The van der Waals surface area contributed by atoms with Crippen LogP contribution in [-0.2, 0) is 4.74 Å². The largest absolute Gasteiger partial charge is 0.393 e. The molecule has 15 heavy (non-hydrogen) atoms. The normalized spacial score (nSPS) is 20.4. The lowest BCUT2D eigenvalue weighted by atomic mass is 10.1. The molecule has 90 valence electrons. The Morgan fingerprint density at radius 2 is 1.80 bits per heavy atom. The lowest BCUT2D eigenvalue weighted by molar-refractivity contribution is 0.0371. The van der Waals surface area contributed by atoms with Gasteiger partial charge in [0.2, 0.25) is 0 Å². The first-order chi connectivity index (χ1) is 7.29. The van der Waals surface area contributed by atoms with Crippen LogP contribution in [0.3, 0.4) is 0 Å². The Kier molecular flexibility index (Phi) is 6.98. The molecule has 1 heterocycles. The lowest BCUT2D eigenvalue weighted by Gasteiger charge is -2.26. The van der Waals surface area contributed by atoms with Gasteiger partial charge in [-0.25, -0.2) is 0 Å². The van der Waals surface area contributed by atoms with Crippen molar-refractivity contribution in [3.05, 3.63) is 0 Å². The highest BCUT2D eigenvalue weighted by atomic mass is 16.5. The number of nitrogens with zero attached hydrogens (tertiary/aromatic N) is 1. The summed E-state index contributed by atoms with van der Waals surface area (Å²) >= 11 is 0. The van der Waals surface area contributed by atoms with Gasteiger partial charge in [0.15, 0.2) is 0 Å². The van der Waals surface area contributed by atoms with Gasteiger partial charge in [-0.15, -0.1) is 0 Å². The number of hydrogen-bond acceptors (Lipinski definition) is 3. The lowest BCUT2D eigenvalue weighted by Crippen LogP contribution is -2.36. The molecule has 1 aliphatic heterocycles. The minimum atomic E-state index is -0.121. The van der Waals surface area contributed by atoms with Crippen LogP contribution in [0.15, 0.2) is 0 Å². The van der Waals surface area contributed by atoms with E-state index in [9.17, 15) is 0 Å². The molecule has 1 rings (SSSR count). The summed E-state index contributed by atoms with van der Waals surface area (Å²) in [5.41, 5.74) is 0. The summed E-state index contributed by atoms with van der Waals surface area (Å²) in [7, 11) is 0. The molecule has 3 nitrogen and oxygen atoms in total. The summed E-state index contributed by atoms with van der Waals surface area (Å²) in [4.78, 5) is 2.48. The molecule has 1 atom stereocenters. The van der Waals surface area contributed by atoms with E-state index in [4.69, 9.17) is 9.84 Å². The van der Waals surface area contributed by atoms with Crippen molar-refractivity contribution < 1.29 is 9.84 Å². The predicted molar refractivity (Wildman–Crippen MR) is 62.0 cm³/mol. The van der Waals surface area contributed by atoms with E-state index < -0.39 is 0 Å². The van der Waals surface area contributed by atoms with Crippen LogP contribution in [-0.4, -0.2) is 49.0 Å². The Bertz CT molecular complexity index is 145. The van der Waals surface area contributed by atoms with E-state index in [0.29, 0.717) is 0 Å². The van der Waals surface area contributed by atoms with Gasteiger partial charge < -0.3 is 9.84 Å². The van der Waals surface area contributed by atoms with Crippen molar-refractivity contribution >= 4 is 0 Å². The van der Waals surface area contributed by atoms with E-state index in [-0.39, 0.29) is 6.10 Å². The number of aliphatic hydroxyl groups excluding tert-OH is 1. The van der Waals surface area contributed by atoms with Gasteiger partial charge in [-0.1, -0.05) is 19.3 Å². The second kappa shape index (κ2) is 8.08. The van der Waals surface area contributed by atoms with Crippen LogP contribution < -0.4 is 0 Å². The van der Waals surface area contributed by atoms with Crippen LogP contribution >= 0.6 is 0 Å². The van der Waals surface area contributed by atoms with Crippen molar-refractivity contribution in [1.29, 1.82) is 0 Å².